The number of anilines is 1. The molecular formula is C11H13NS. The zero-order chi connectivity index (χ0) is 9.68. The molecule has 0 saturated heterocycles. The Bertz CT molecular complexity index is 325. The normalized spacial score (nSPS) is 9.54. The van der Waals surface area contributed by atoms with Crippen LogP contribution in [0.2, 0.25) is 0 Å². The van der Waals surface area contributed by atoms with Gasteiger partial charge in [-0.2, -0.15) is 0 Å². The van der Waals surface area contributed by atoms with Crippen LogP contribution in [0.4, 0.5) is 5.69 Å². The number of rotatable bonds is 3. The molecule has 0 aromatic heterocycles. The molecule has 0 unspecified atom stereocenters. The Morgan fingerprint density at radius 2 is 2.31 bits per heavy atom. The van der Waals surface area contributed by atoms with Gasteiger partial charge in [-0.05, 0) is 24.6 Å². The molecule has 0 heterocycles. The molecule has 0 saturated carbocycles. The number of hydrogen-bond donors (Lipinski definition) is 1. The molecule has 0 aliphatic heterocycles. The van der Waals surface area contributed by atoms with Gasteiger partial charge in [-0.3, -0.25) is 0 Å². The molecule has 0 atom stereocenters. The highest BCUT2D eigenvalue weighted by Crippen LogP contribution is 2.24. The van der Waals surface area contributed by atoms with Crippen LogP contribution in [-0.2, 0) is 0 Å². The summed E-state index contributed by atoms with van der Waals surface area (Å²) in [5, 5.41) is 0. The minimum absolute atomic E-state index is 0.804. The van der Waals surface area contributed by atoms with E-state index < -0.39 is 0 Å². The van der Waals surface area contributed by atoms with Crippen molar-refractivity contribution >= 4 is 17.4 Å². The molecule has 13 heavy (non-hydrogen) atoms. The predicted molar refractivity (Wildman–Crippen MR) is 59.8 cm³/mol. The number of terminal acetylenes is 1. The van der Waals surface area contributed by atoms with Crippen molar-refractivity contribution in [2.75, 3.05) is 11.5 Å². The van der Waals surface area contributed by atoms with E-state index in [1.54, 1.807) is 11.8 Å². The van der Waals surface area contributed by atoms with Crippen molar-refractivity contribution in [1.82, 2.24) is 0 Å². The van der Waals surface area contributed by atoms with Gasteiger partial charge in [0.05, 0.1) is 0 Å². The van der Waals surface area contributed by atoms with Gasteiger partial charge in [0.15, 0.2) is 0 Å². The van der Waals surface area contributed by atoms with E-state index >= 15 is 0 Å². The summed E-state index contributed by atoms with van der Waals surface area (Å²) in [7, 11) is 0. The second-order valence-electron chi connectivity index (χ2n) is 2.83. The molecule has 2 N–H and O–H groups in total. The van der Waals surface area contributed by atoms with Gasteiger partial charge < -0.3 is 5.73 Å². The number of hydrogen-bond acceptors (Lipinski definition) is 2. The van der Waals surface area contributed by atoms with Crippen molar-refractivity contribution in [1.29, 1.82) is 0 Å². The van der Waals surface area contributed by atoms with E-state index in [9.17, 15) is 0 Å². The monoisotopic (exact) mass is 191 g/mol. The van der Waals surface area contributed by atoms with E-state index in [-0.39, 0.29) is 0 Å². The fraction of sp³-hybridized carbons (Fsp3) is 0.273. The lowest BCUT2D eigenvalue weighted by Crippen LogP contribution is -1.87. The van der Waals surface area contributed by atoms with Crippen LogP contribution in [0.25, 0.3) is 0 Å². The van der Waals surface area contributed by atoms with Crippen molar-refractivity contribution in [3.8, 4) is 12.3 Å². The van der Waals surface area contributed by atoms with Crippen LogP contribution in [-0.4, -0.2) is 5.75 Å². The van der Waals surface area contributed by atoms with Crippen LogP contribution in [0, 0.1) is 19.3 Å². The number of nitrogen functional groups attached to an aromatic ring is 1. The summed E-state index contributed by atoms with van der Waals surface area (Å²) in [6, 6.07) is 5.95. The van der Waals surface area contributed by atoms with E-state index in [4.69, 9.17) is 12.2 Å². The molecule has 1 rings (SSSR count). The fourth-order valence-electron chi connectivity index (χ4n) is 0.992. The predicted octanol–water partition coefficient (Wildman–Crippen LogP) is 2.69. The van der Waals surface area contributed by atoms with Crippen LogP contribution in [0.5, 0.6) is 0 Å². The lowest BCUT2D eigenvalue weighted by Gasteiger charge is -2.04. The topological polar surface area (TPSA) is 26.0 Å². The molecule has 1 aromatic carbocycles. The minimum atomic E-state index is 0.804. The number of aryl methyl sites for hydroxylation is 1. The minimum Gasteiger partial charge on any atom is -0.399 e. The molecule has 0 amide bonds. The smallest absolute Gasteiger partial charge is 0.0325 e. The first-order valence-electron chi connectivity index (χ1n) is 4.16. The second kappa shape index (κ2) is 4.84. The summed E-state index contributed by atoms with van der Waals surface area (Å²) >= 11 is 1.76. The van der Waals surface area contributed by atoms with Gasteiger partial charge in [0.25, 0.3) is 0 Å². The van der Waals surface area contributed by atoms with E-state index in [0.29, 0.717) is 0 Å². The average molecular weight is 191 g/mol. The van der Waals surface area contributed by atoms with Gasteiger partial charge >= 0.3 is 0 Å². The molecule has 0 fully saturated rings. The summed E-state index contributed by atoms with van der Waals surface area (Å²) in [6.45, 7) is 2.08. The van der Waals surface area contributed by atoms with Gasteiger partial charge in [0.1, 0.15) is 0 Å². The highest BCUT2D eigenvalue weighted by molar-refractivity contribution is 7.99. The van der Waals surface area contributed by atoms with E-state index in [0.717, 1.165) is 17.9 Å². The molecular weight excluding hydrogens is 178 g/mol. The number of thioether (sulfide) groups is 1. The van der Waals surface area contributed by atoms with Crippen molar-refractivity contribution in [3.05, 3.63) is 23.8 Å². The van der Waals surface area contributed by atoms with Gasteiger partial charge in [-0.25, -0.2) is 0 Å². The first-order valence-corrected chi connectivity index (χ1v) is 5.15. The zero-order valence-electron chi connectivity index (χ0n) is 7.71. The van der Waals surface area contributed by atoms with Crippen molar-refractivity contribution < 1.29 is 0 Å². The first-order chi connectivity index (χ1) is 6.24. The third kappa shape index (κ3) is 3.04. The first kappa shape index (κ1) is 10.0. The summed E-state index contributed by atoms with van der Waals surface area (Å²) in [5.41, 5.74) is 7.75. The lowest BCUT2D eigenvalue weighted by molar-refractivity contribution is 1.26. The molecule has 1 nitrogen and oxygen atoms in total. The average Bonchev–Trinajstić information content (AvgIpc) is 2.11. The summed E-state index contributed by atoms with van der Waals surface area (Å²) < 4.78 is 0. The maximum atomic E-state index is 5.68. The maximum absolute atomic E-state index is 5.68. The van der Waals surface area contributed by atoms with Crippen LogP contribution >= 0.6 is 11.8 Å². The van der Waals surface area contributed by atoms with Crippen molar-refractivity contribution in [3.63, 3.8) is 0 Å². The SMILES string of the molecule is C#CCCSc1cc(N)ccc1C. The van der Waals surface area contributed by atoms with E-state index in [1.807, 2.05) is 18.2 Å². The summed E-state index contributed by atoms with van der Waals surface area (Å²) in [5.74, 6) is 3.58. The summed E-state index contributed by atoms with van der Waals surface area (Å²) in [4.78, 5) is 1.23. The molecule has 0 radical (unpaired) electrons. The highest BCUT2D eigenvalue weighted by Gasteiger charge is 1.98. The molecule has 0 aliphatic rings. The van der Waals surface area contributed by atoms with Crippen LogP contribution in [0.3, 0.4) is 0 Å². The van der Waals surface area contributed by atoms with Gasteiger partial charge in [-0.15, -0.1) is 24.1 Å². The fourth-order valence-corrected chi connectivity index (χ4v) is 1.95. The Kier molecular flexibility index (Phi) is 3.72. The van der Waals surface area contributed by atoms with Crippen molar-refractivity contribution in [2.24, 2.45) is 0 Å². The molecule has 0 spiro atoms. The Labute approximate surface area is 83.7 Å². The zero-order valence-corrected chi connectivity index (χ0v) is 8.53. The molecule has 0 aliphatic carbocycles. The van der Waals surface area contributed by atoms with E-state index in [1.165, 1.54) is 10.5 Å². The molecule has 1 aromatic rings. The maximum Gasteiger partial charge on any atom is 0.0325 e. The van der Waals surface area contributed by atoms with Crippen LogP contribution in [0.15, 0.2) is 23.1 Å². The molecule has 68 valence electrons. The number of nitrogens with two attached hydrogens (primary N) is 1. The van der Waals surface area contributed by atoms with Gasteiger partial charge in [0, 0.05) is 22.8 Å². The number of benzene rings is 1. The largest absolute Gasteiger partial charge is 0.399 e. The van der Waals surface area contributed by atoms with Gasteiger partial charge in [0.2, 0.25) is 0 Å². The highest BCUT2D eigenvalue weighted by atomic mass is 32.2. The van der Waals surface area contributed by atoms with Crippen LogP contribution in [0.1, 0.15) is 12.0 Å². The van der Waals surface area contributed by atoms with Crippen LogP contribution < -0.4 is 5.73 Å². The van der Waals surface area contributed by atoms with Crippen molar-refractivity contribution in [2.45, 2.75) is 18.2 Å². The Morgan fingerprint density at radius 1 is 1.54 bits per heavy atom. The molecule has 0 bridgehead atoms. The standard InChI is InChI=1S/C11H13NS/c1-3-4-7-13-11-8-10(12)6-5-9(11)2/h1,5-6,8H,4,7,12H2,2H3. The Hall–Kier alpha value is -1.07. The Balaban J connectivity index is 2.65. The second-order valence-corrected chi connectivity index (χ2v) is 3.96. The third-order valence-corrected chi connectivity index (χ3v) is 2.88. The van der Waals surface area contributed by atoms with E-state index in [2.05, 4.69) is 12.8 Å². The lowest BCUT2D eigenvalue weighted by atomic mass is 10.2. The Morgan fingerprint density at radius 3 is 3.00 bits per heavy atom. The summed E-state index contributed by atoms with van der Waals surface area (Å²) in [6.07, 6.45) is 5.98. The quantitative estimate of drug-likeness (QED) is 0.344. The molecule has 2 heteroatoms. The third-order valence-electron chi connectivity index (χ3n) is 1.72. The van der Waals surface area contributed by atoms with Gasteiger partial charge in [-0.1, -0.05) is 6.07 Å².